The van der Waals surface area contributed by atoms with E-state index in [-0.39, 0.29) is 26.1 Å². The molecule has 0 fully saturated rings. The molecule has 0 aliphatic carbocycles. The van der Waals surface area contributed by atoms with Crippen LogP contribution in [0.25, 0.3) is 0 Å². The lowest BCUT2D eigenvalue weighted by Gasteiger charge is -2.24. The highest BCUT2D eigenvalue weighted by Gasteiger charge is 2.27. The minimum Gasteiger partial charge on any atom is -0.462 e. The van der Waals surface area contributed by atoms with Crippen molar-refractivity contribution < 1.29 is 47.2 Å². The number of hydrogen-bond donors (Lipinski definition) is 2. The molecule has 0 radical (unpaired) electrons. The molecular weight excluding hydrogens is 741 g/mol. The molecule has 0 spiro atoms. The van der Waals surface area contributed by atoms with Gasteiger partial charge >= 0.3 is 19.8 Å². The van der Waals surface area contributed by atoms with Gasteiger partial charge in [-0.2, -0.15) is 0 Å². The summed E-state index contributed by atoms with van der Waals surface area (Å²) in [4.78, 5) is 35.3. The maximum Gasteiger partial charge on any atom is 0.472 e. The van der Waals surface area contributed by atoms with E-state index < -0.39 is 38.6 Å². The Balaban J connectivity index is 4.63. The molecule has 57 heavy (non-hydrogen) atoms. The SMILES string of the molecule is CC/C=C\C/C=C\C/C=C\C/C=C\C=C\C(O)CCCC(=O)OC[C@H](COP(=O)(O)OCC[N+](C)(C)C)OC(=O)CCCCCCC/C=C\C/C=C\C/C=C\CC. The number of quaternary nitrogens is 1. The van der Waals surface area contributed by atoms with Crippen LogP contribution in [0.2, 0.25) is 0 Å². The molecule has 2 unspecified atom stereocenters. The Labute approximate surface area is 346 Å². The molecule has 10 nitrogen and oxygen atoms in total. The lowest BCUT2D eigenvalue weighted by molar-refractivity contribution is -0.870. The van der Waals surface area contributed by atoms with Gasteiger partial charge in [-0.15, -0.1) is 0 Å². The summed E-state index contributed by atoms with van der Waals surface area (Å²) >= 11 is 0. The maximum atomic E-state index is 12.7. The van der Waals surface area contributed by atoms with Crippen LogP contribution in [0.1, 0.15) is 123 Å². The molecular formula is C46H77NO9P+. The molecule has 0 aromatic rings. The second-order valence-corrected chi connectivity index (χ2v) is 16.3. The monoisotopic (exact) mass is 819 g/mol. The molecule has 0 aliphatic heterocycles. The number of rotatable bonds is 36. The van der Waals surface area contributed by atoms with Crippen molar-refractivity contribution in [2.45, 2.75) is 135 Å². The summed E-state index contributed by atoms with van der Waals surface area (Å²) in [6, 6.07) is 0. The molecule has 0 aliphatic rings. The normalized spacial score (nSPS) is 15.1. The number of aliphatic hydroxyl groups excluding tert-OH is 1. The van der Waals surface area contributed by atoms with Crippen molar-refractivity contribution in [3.05, 3.63) is 97.2 Å². The van der Waals surface area contributed by atoms with Crippen molar-refractivity contribution in [3.8, 4) is 0 Å². The summed E-state index contributed by atoms with van der Waals surface area (Å²) in [7, 11) is 1.34. The van der Waals surface area contributed by atoms with Crippen LogP contribution in [0, 0.1) is 0 Å². The second-order valence-electron chi connectivity index (χ2n) is 14.8. The zero-order valence-corrected chi connectivity index (χ0v) is 36.8. The van der Waals surface area contributed by atoms with Crippen LogP contribution in [0.4, 0.5) is 0 Å². The number of carbonyl (C=O) groups excluding carboxylic acids is 2. The molecule has 3 atom stereocenters. The molecule has 0 saturated carbocycles. The van der Waals surface area contributed by atoms with E-state index in [0.29, 0.717) is 30.3 Å². The van der Waals surface area contributed by atoms with Gasteiger partial charge < -0.3 is 24.0 Å². The van der Waals surface area contributed by atoms with Crippen molar-refractivity contribution in [2.24, 2.45) is 0 Å². The van der Waals surface area contributed by atoms with Gasteiger partial charge in [0.25, 0.3) is 0 Å². The first kappa shape index (κ1) is 53.9. The van der Waals surface area contributed by atoms with E-state index in [1.165, 1.54) is 0 Å². The average molecular weight is 819 g/mol. The van der Waals surface area contributed by atoms with Gasteiger partial charge in [0.2, 0.25) is 0 Å². The van der Waals surface area contributed by atoms with E-state index in [1.54, 1.807) is 12.2 Å². The molecule has 0 aromatic heterocycles. The predicted molar refractivity (Wildman–Crippen MR) is 234 cm³/mol. The fourth-order valence-electron chi connectivity index (χ4n) is 4.94. The minimum absolute atomic E-state index is 0.00791. The lowest BCUT2D eigenvalue weighted by atomic mass is 10.1. The summed E-state index contributed by atoms with van der Waals surface area (Å²) in [5, 5.41) is 10.3. The van der Waals surface area contributed by atoms with Gasteiger partial charge in [0.15, 0.2) is 6.10 Å². The summed E-state index contributed by atoms with van der Waals surface area (Å²) < 4.78 is 34.1. The maximum absolute atomic E-state index is 12.7. The van der Waals surface area contributed by atoms with Crippen molar-refractivity contribution >= 4 is 19.8 Å². The standard InChI is InChI=1S/C46H76NO9P/c1-6-8-10-12-14-16-18-20-21-23-25-27-29-31-33-37-46(50)56-44(42-55-57(51,52)54-40-39-47(3,4)5)41-53-45(49)38-34-36-43(48)35-32-30-28-26-24-22-19-17-15-13-11-9-7-2/h8-11,14-17,20-22,24,28,30,32,35,43-44,48H,6-7,12-13,18-19,23,25-27,29,31,33-34,36-42H2,1-5H3/p+1/b10-8-,11-9-,16-14-,17-15-,21-20-,24-22-,30-28-,35-32+/t43?,44-/m1/s1. The first-order chi connectivity index (χ1) is 27.4. The van der Waals surface area contributed by atoms with E-state index in [1.807, 2.05) is 33.3 Å². The number of esters is 2. The molecule has 0 rings (SSSR count). The zero-order chi connectivity index (χ0) is 42.3. The first-order valence-electron chi connectivity index (χ1n) is 21.1. The van der Waals surface area contributed by atoms with E-state index in [2.05, 4.69) is 86.8 Å². The first-order valence-corrected chi connectivity index (χ1v) is 22.6. The highest BCUT2D eigenvalue weighted by atomic mass is 31.2. The molecule has 0 aromatic carbocycles. The number of phosphoric acid groups is 1. The third-order valence-electron chi connectivity index (χ3n) is 8.21. The number of aliphatic hydroxyl groups is 1. The van der Waals surface area contributed by atoms with Gasteiger partial charge in [-0.25, -0.2) is 4.57 Å². The Morgan fingerprint density at radius 2 is 1.16 bits per heavy atom. The fraction of sp³-hybridized carbons (Fsp3) is 0.609. The Bertz CT molecular complexity index is 1310. The van der Waals surface area contributed by atoms with E-state index in [9.17, 15) is 24.2 Å². The Morgan fingerprint density at radius 3 is 1.75 bits per heavy atom. The molecule has 2 N–H and O–H groups in total. The second kappa shape index (κ2) is 37.2. The number of nitrogens with zero attached hydrogens (tertiary/aromatic N) is 1. The van der Waals surface area contributed by atoms with Crippen molar-refractivity contribution in [1.29, 1.82) is 0 Å². The summed E-state index contributed by atoms with van der Waals surface area (Å²) in [5.41, 5.74) is 0. The summed E-state index contributed by atoms with van der Waals surface area (Å²) in [6.45, 7) is 3.91. The van der Waals surface area contributed by atoms with Gasteiger partial charge in [-0.1, -0.05) is 130 Å². The van der Waals surface area contributed by atoms with Gasteiger partial charge in [-0.3, -0.25) is 18.6 Å². The number of hydrogen-bond acceptors (Lipinski definition) is 8. The van der Waals surface area contributed by atoms with Crippen LogP contribution in [-0.2, 0) is 32.7 Å². The highest BCUT2D eigenvalue weighted by molar-refractivity contribution is 7.47. The quantitative estimate of drug-likeness (QED) is 0.0159. The van der Waals surface area contributed by atoms with Gasteiger partial charge in [0, 0.05) is 12.8 Å². The van der Waals surface area contributed by atoms with Crippen LogP contribution in [0.15, 0.2) is 97.2 Å². The van der Waals surface area contributed by atoms with E-state index in [4.69, 9.17) is 18.5 Å². The molecule has 324 valence electrons. The lowest BCUT2D eigenvalue weighted by Crippen LogP contribution is -2.37. The number of phosphoric ester groups is 1. The van der Waals surface area contributed by atoms with Gasteiger partial charge in [0.1, 0.15) is 19.8 Å². The molecule has 0 heterocycles. The summed E-state index contributed by atoms with van der Waals surface area (Å²) in [6.07, 6.45) is 44.9. The molecule has 11 heteroatoms. The fourth-order valence-corrected chi connectivity index (χ4v) is 5.68. The third-order valence-corrected chi connectivity index (χ3v) is 9.20. The number of allylic oxidation sites excluding steroid dienone is 15. The van der Waals surface area contributed by atoms with Crippen LogP contribution < -0.4 is 0 Å². The van der Waals surface area contributed by atoms with Gasteiger partial charge in [0.05, 0.1) is 33.9 Å². The Morgan fingerprint density at radius 1 is 0.632 bits per heavy atom. The van der Waals surface area contributed by atoms with Crippen LogP contribution in [0.5, 0.6) is 0 Å². The average Bonchev–Trinajstić information content (AvgIpc) is 3.15. The molecule has 0 amide bonds. The van der Waals surface area contributed by atoms with Gasteiger partial charge in [-0.05, 0) is 77.0 Å². The van der Waals surface area contributed by atoms with Crippen molar-refractivity contribution in [2.75, 3.05) is 47.5 Å². The number of carbonyl (C=O) groups is 2. The molecule has 0 saturated heterocycles. The van der Waals surface area contributed by atoms with Crippen LogP contribution >= 0.6 is 7.82 Å². The molecule has 0 bridgehead atoms. The number of likely N-dealkylation sites (N-methyl/N-ethyl adjacent to an activating group) is 1. The van der Waals surface area contributed by atoms with E-state index >= 15 is 0 Å². The highest BCUT2D eigenvalue weighted by Crippen LogP contribution is 2.43. The smallest absolute Gasteiger partial charge is 0.462 e. The van der Waals surface area contributed by atoms with Crippen LogP contribution in [0.3, 0.4) is 0 Å². The zero-order valence-electron chi connectivity index (χ0n) is 35.9. The largest absolute Gasteiger partial charge is 0.472 e. The minimum atomic E-state index is -4.43. The Kier molecular flexibility index (Phi) is 35.2. The number of ether oxygens (including phenoxy) is 2. The van der Waals surface area contributed by atoms with Crippen molar-refractivity contribution in [3.63, 3.8) is 0 Å². The van der Waals surface area contributed by atoms with Crippen LogP contribution in [-0.4, -0.2) is 86.1 Å². The predicted octanol–water partition coefficient (Wildman–Crippen LogP) is 10.8. The number of unbranched alkanes of at least 4 members (excludes halogenated alkanes) is 5. The van der Waals surface area contributed by atoms with E-state index in [0.717, 1.165) is 77.0 Å². The third kappa shape index (κ3) is 40.9. The Hall–Kier alpha value is -3.11. The topological polar surface area (TPSA) is 129 Å². The van der Waals surface area contributed by atoms with Crippen molar-refractivity contribution in [1.82, 2.24) is 0 Å². The summed E-state index contributed by atoms with van der Waals surface area (Å²) in [5.74, 6) is -1.04.